The van der Waals surface area contributed by atoms with Gasteiger partial charge in [0.2, 0.25) is 0 Å². The molecule has 0 atom stereocenters. The van der Waals surface area contributed by atoms with Gasteiger partial charge in [-0.3, -0.25) is 0 Å². The minimum Gasteiger partial charge on any atom is -0.384 e. The number of allylic oxidation sites excluding steroid dienone is 2. The van der Waals surface area contributed by atoms with Crippen LogP contribution in [0.1, 0.15) is 40.0 Å². The van der Waals surface area contributed by atoms with Gasteiger partial charge in [0.25, 0.3) is 0 Å². The second-order valence-electron chi connectivity index (χ2n) is 4.85. The van der Waals surface area contributed by atoms with Crippen molar-refractivity contribution in [3.8, 4) is 0 Å². The maximum Gasteiger partial charge on any atom is 0.120 e. The van der Waals surface area contributed by atoms with Gasteiger partial charge < -0.3 is 14.8 Å². The van der Waals surface area contributed by atoms with Gasteiger partial charge in [-0.05, 0) is 31.4 Å². The molecule has 0 aromatic heterocycles. The molecule has 0 rings (SSSR count). The SMILES string of the molecule is C/C=C(\CC(C)(C)CC=O)N/C=C/CCOC. The first kappa shape index (κ1) is 15.9. The van der Waals surface area contributed by atoms with Crippen molar-refractivity contribution < 1.29 is 9.53 Å². The van der Waals surface area contributed by atoms with E-state index in [0.29, 0.717) is 6.42 Å². The van der Waals surface area contributed by atoms with Crippen LogP contribution in [0.2, 0.25) is 0 Å². The van der Waals surface area contributed by atoms with Crippen molar-refractivity contribution in [2.75, 3.05) is 13.7 Å². The van der Waals surface area contributed by atoms with E-state index in [0.717, 1.165) is 31.4 Å². The van der Waals surface area contributed by atoms with Crippen molar-refractivity contribution in [2.45, 2.75) is 40.0 Å². The van der Waals surface area contributed by atoms with Gasteiger partial charge in [-0.25, -0.2) is 0 Å². The monoisotopic (exact) mass is 239 g/mol. The molecule has 0 aromatic carbocycles. The average Bonchev–Trinajstić information content (AvgIpc) is 2.27. The summed E-state index contributed by atoms with van der Waals surface area (Å²) in [6, 6.07) is 0. The molecule has 0 unspecified atom stereocenters. The van der Waals surface area contributed by atoms with Gasteiger partial charge in [0.05, 0.1) is 0 Å². The number of hydrogen-bond donors (Lipinski definition) is 1. The number of carbonyl (C=O) groups excluding carboxylic acids is 1. The van der Waals surface area contributed by atoms with Crippen molar-refractivity contribution in [1.82, 2.24) is 5.32 Å². The average molecular weight is 239 g/mol. The van der Waals surface area contributed by atoms with Crippen molar-refractivity contribution in [3.63, 3.8) is 0 Å². The highest BCUT2D eigenvalue weighted by molar-refractivity contribution is 5.50. The van der Waals surface area contributed by atoms with Crippen LogP contribution in [0.3, 0.4) is 0 Å². The van der Waals surface area contributed by atoms with Crippen molar-refractivity contribution >= 4 is 6.29 Å². The molecular weight excluding hydrogens is 214 g/mol. The van der Waals surface area contributed by atoms with Gasteiger partial charge in [-0.1, -0.05) is 26.0 Å². The molecule has 3 nitrogen and oxygen atoms in total. The molecule has 0 bridgehead atoms. The predicted molar refractivity (Wildman–Crippen MR) is 71.6 cm³/mol. The number of ether oxygens (including phenoxy) is 1. The molecule has 0 saturated heterocycles. The second-order valence-corrected chi connectivity index (χ2v) is 4.85. The summed E-state index contributed by atoms with van der Waals surface area (Å²) in [6.07, 6.45) is 9.37. The molecule has 0 amide bonds. The van der Waals surface area contributed by atoms with Gasteiger partial charge in [0.1, 0.15) is 6.29 Å². The molecule has 0 radical (unpaired) electrons. The molecule has 1 N–H and O–H groups in total. The van der Waals surface area contributed by atoms with E-state index in [1.165, 1.54) is 0 Å². The third kappa shape index (κ3) is 8.69. The highest BCUT2D eigenvalue weighted by Gasteiger charge is 2.18. The molecule has 98 valence electrons. The van der Waals surface area contributed by atoms with Gasteiger partial charge in [-0.15, -0.1) is 0 Å². The Hall–Kier alpha value is -1.09. The Kier molecular flexibility index (Phi) is 8.42. The summed E-state index contributed by atoms with van der Waals surface area (Å²) < 4.78 is 4.96. The van der Waals surface area contributed by atoms with E-state index in [4.69, 9.17) is 4.74 Å². The standard InChI is InChI=1S/C14H25NO2/c1-5-13(12-14(2,3)8-10-16)15-9-6-7-11-17-4/h5-6,9-10,15H,7-8,11-12H2,1-4H3/b9-6+,13-5+. The number of nitrogens with one attached hydrogen (secondary N) is 1. The van der Waals surface area contributed by atoms with E-state index in [9.17, 15) is 4.79 Å². The molecular formula is C14H25NO2. The molecule has 0 fully saturated rings. The molecule has 0 saturated carbocycles. The Morgan fingerprint density at radius 3 is 2.65 bits per heavy atom. The van der Waals surface area contributed by atoms with E-state index in [2.05, 4.69) is 19.2 Å². The fourth-order valence-corrected chi connectivity index (χ4v) is 1.48. The number of carbonyl (C=O) groups is 1. The lowest BCUT2D eigenvalue weighted by molar-refractivity contribution is -0.109. The summed E-state index contributed by atoms with van der Waals surface area (Å²) in [4.78, 5) is 10.6. The lowest BCUT2D eigenvalue weighted by atomic mass is 9.85. The third-order valence-corrected chi connectivity index (χ3v) is 2.53. The number of aldehydes is 1. The highest BCUT2D eigenvalue weighted by Crippen LogP contribution is 2.26. The molecule has 0 aliphatic heterocycles. The van der Waals surface area contributed by atoms with Gasteiger partial charge >= 0.3 is 0 Å². The molecule has 17 heavy (non-hydrogen) atoms. The molecule has 0 spiro atoms. The third-order valence-electron chi connectivity index (χ3n) is 2.53. The maximum absolute atomic E-state index is 10.6. The quantitative estimate of drug-likeness (QED) is 0.496. The Morgan fingerprint density at radius 1 is 1.41 bits per heavy atom. The van der Waals surface area contributed by atoms with Crippen LogP contribution >= 0.6 is 0 Å². The lowest BCUT2D eigenvalue weighted by Gasteiger charge is -2.23. The van der Waals surface area contributed by atoms with E-state index < -0.39 is 0 Å². The van der Waals surface area contributed by atoms with Crippen LogP contribution in [0.15, 0.2) is 24.0 Å². The van der Waals surface area contributed by atoms with Gasteiger partial charge in [0, 0.05) is 25.8 Å². The topological polar surface area (TPSA) is 38.3 Å². The van der Waals surface area contributed by atoms with Gasteiger partial charge in [-0.2, -0.15) is 0 Å². The van der Waals surface area contributed by atoms with Crippen LogP contribution in [-0.4, -0.2) is 20.0 Å². The van der Waals surface area contributed by atoms with E-state index in [-0.39, 0.29) is 5.41 Å². The van der Waals surface area contributed by atoms with E-state index in [1.54, 1.807) is 7.11 Å². The van der Waals surface area contributed by atoms with Crippen LogP contribution in [-0.2, 0) is 9.53 Å². The van der Waals surface area contributed by atoms with E-state index in [1.807, 2.05) is 25.3 Å². The number of rotatable bonds is 9. The largest absolute Gasteiger partial charge is 0.384 e. The van der Waals surface area contributed by atoms with Crippen molar-refractivity contribution in [2.24, 2.45) is 5.41 Å². The van der Waals surface area contributed by atoms with Crippen LogP contribution in [0.5, 0.6) is 0 Å². The normalized spacial score (nSPS) is 13.1. The number of methoxy groups -OCH3 is 1. The fourth-order valence-electron chi connectivity index (χ4n) is 1.48. The lowest BCUT2D eigenvalue weighted by Crippen LogP contribution is -2.18. The zero-order chi connectivity index (χ0) is 13.1. The minimum absolute atomic E-state index is 0.0109. The zero-order valence-corrected chi connectivity index (χ0v) is 11.5. The Bertz CT molecular complexity index is 267. The van der Waals surface area contributed by atoms with E-state index >= 15 is 0 Å². The Balaban J connectivity index is 4.09. The zero-order valence-electron chi connectivity index (χ0n) is 11.5. The van der Waals surface area contributed by atoms with Gasteiger partial charge in [0.15, 0.2) is 0 Å². The molecule has 3 heteroatoms. The van der Waals surface area contributed by atoms with Crippen LogP contribution in [0.25, 0.3) is 0 Å². The van der Waals surface area contributed by atoms with Crippen molar-refractivity contribution in [1.29, 1.82) is 0 Å². The Morgan fingerprint density at radius 2 is 2.12 bits per heavy atom. The van der Waals surface area contributed by atoms with Crippen LogP contribution in [0, 0.1) is 5.41 Å². The first-order valence-electron chi connectivity index (χ1n) is 6.05. The summed E-state index contributed by atoms with van der Waals surface area (Å²) in [5, 5.41) is 3.25. The summed E-state index contributed by atoms with van der Waals surface area (Å²) in [6.45, 7) is 6.94. The fraction of sp³-hybridized carbons (Fsp3) is 0.643. The summed E-state index contributed by atoms with van der Waals surface area (Å²) >= 11 is 0. The summed E-state index contributed by atoms with van der Waals surface area (Å²) in [5.74, 6) is 0. The minimum atomic E-state index is 0.0109. The smallest absolute Gasteiger partial charge is 0.120 e. The number of hydrogen-bond acceptors (Lipinski definition) is 3. The van der Waals surface area contributed by atoms with Crippen LogP contribution < -0.4 is 5.32 Å². The first-order chi connectivity index (χ1) is 8.05. The molecule has 0 heterocycles. The van der Waals surface area contributed by atoms with Crippen LogP contribution in [0.4, 0.5) is 0 Å². The first-order valence-corrected chi connectivity index (χ1v) is 6.05. The Labute approximate surface area is 105 Å². The molecule has 0 aliphatic rings. The highest BCUT2D eigenvalue weighted by atomic mass is 16.5. The summed E-state index contributed by atoms with van der Waals surface area (Å²) in [5.41, 5.74) is 1.15. The summed E-state index contributed by atoms with van der Waals surface area (Å²) in [7, 11) is 1.70. The second kappa shape index (κ2) is 8.99. The maximum atomic E-state index is 10.6. The predicted octanol–water partition coefficient (Wildman–Crippen LogP) is 3.04. The van der Waals surface area contributed by atoms with Crippen molar-refractivity contribution in [3.05, 3.63) is 24.0 Å². The molecule has 0 aliphatic carbocycles. The molecule has 0 aromatic rings.